The highest BCUT2D eigenvalue weighted by atomic mass is 19.4. The van der Waals surface area contributed by atoms with Crippen LogP contribution in [0.5, 0.6) is 0 Å². The molecule has 0 N–H and O–H groups in total. The predicted molar refractivity (Wildman–Crippen MR) is 97.3 cm³/mol. The number of nitrogens with zero attached hydrogens (tertiary/aromatic N) is 1. The zero-order valence-electron chi connectivity index (χ0n) is 16.3. The Kier molecular flexibility index (Phi) is 5.47. The standard InChI is InChI=1S/C21H25F4NO2/c1-20(2,3)28-19(27)26-17-5-4-6-18(26)11-14(10-17)7-13-8-15(21(23,24)25)12-16(22)9-13/h8-10,12,17-18H,4-7,11H2,1-3H3. The second-order valence-corrected chi connectivity index (χ2v) is 8.59. The molecule has 2 bridgehead atoms. The van der Waals surface area contributed by atoms with Gasteiger partial charge in [0, 0.05) is 6.04 Å². The van der Waals surface area contributed by atoms with Gasteiger partial charge in [0.05, 0.1) is 11.6 Å². The van der Waals surface area contributed by atoms with E-state index in [0.29, 0.717) is 18.1 Å². The second kappa shape index (κ2) is 7.41. The van der Waals surface area contributed by atoms with Crippen LogP contribution in [0.2, 0.25) is 0 Å². The number of rotatable bonds is 2. The van der Waals surface area contributed by atoms with Crippen LogP contribution in [0, 0.1) is 5.82 Å². The lowest BCUT2D eigenvalue weighted by Crippen LogP contribution is -2.53. The zero-order valence-corrected chi connectivity index (χ0v) is 16.3. The van der Waals surface area contributed by atoms with E-state index >= 15 is 0 Å². The van der Waals surface area contributed by atoms with Crippen molar-refractivity contribution in [1.29, 1.82) is 0 Å². The average Bonchev–Trinajstić information content (AvgIpc) is 2.50. The molecule has 1 aromatic carbocycles. The molecule has 2 aliphatic heterocycles. The fraction of sp³-hybridized carbons (Fsp3) is 0.571. The third-order valence-corrected chi connectivity index (χ3v) is 5.03. The van der Waals surface area contributed by atoms with Crippen LogP contribution in [0.15, 0.2) is 29.8 Å². The van der Waals surface area contributed by atoms with Gasteiger partial charge in [-0.15, -0.1) is 0 Å². The van der Waals surface area contributed by atoms with Gasteiger partial charge < -0.3 is 4.74 Å². The Labute approximate surface area is 162 Å². The first-order valence-corrected chi connectivity index (χ1v) is 9.50. The van der Waals surface area contributed by atoms with Gasteiger partial charge in [-0.25, -0.2) is 9.18 Å². The first-order chi connectivity index (χ1) is 12.9. The average molecular weight is 399 g/mol. The molecule has 0 spiro atoms. The summed E-state index contributed by atoms with van der Waals surface area (Å²) in [4.78, 5) is 14.3. The van der Waals surface area contributed by atoms with Crippen LogP contribution in [-0.2, 0) is 17.3 Å². The Balaban J connectivity index is 1.80. The number of ether oxygens (including phenoxy) is 1. The van der Waals surface area contributed by atoms with Crippen LogP contribution in [0.1, 0.15) is 57.6 Å². The van der Waals surface area contributed by atoms with Crippen molar-refractivity contribution in [3.63, 3.8) is 0 Å². The van der Waals surface area contributed by atoms with Gasteiger partial charge in [0.1, 0.15) is 11.4 Å². The molecule has 3 rings (SSSR count). The maximum absolute atomic E-state index is 13.7. The molecule has 3 nitrogen and oxygen atoms in total. The van der Waals surface area contributed by atoms with Crippen molar-refractivity contribution in [3.05, 3.63) is 46.8 Å². The molecule has 154 valence electrons. The van der Waals surface area contributed by atoms with E-state index in [0.717, 1.165) is 37.0 Å². The SMILES string of the molecule is CC(C)(C)OC(=O)N1C2C=C(Cc3cc(F)cc(C(F)(F)F)c3)CC1CCC2. The maximum atomic E-state index is 13.7. The van der Waals surface area contributed by atoms with Crippen molar-refractivity contribution in [2.75, 3.05) is 0 Å². The Hall–Kier alpha value is -2.05. The van der Waals surface area contributed by atoms with Crippen LogP contribution in [0.3, 0.4) is 0 Å². The molecular formula is C21H25F4NO2. The van der Waals surface area contributed by atoms with E-state index in [4.69, 9.17) is 4.74 Å². The van der Waals surface area contributed by atoms with Gasteiger partial charge in [0.15, 0.2) is 0 Å². The molecule has 2 unspecified atom stereocenters. The number of carbonyl (C=O) groups excluding carboxylic acids is 1. The van der Waals surface area contributed by atoms with Gasteiger partial charge >= 0.3 is 12.3 Å². The van der Waals surface area contributed by atoms with Gasteiger partial charge in [0.2, 0.25) is 0 Å². The molecule has 1 amide bonds. The van der Waals surface area contributed by atoms with Crippen molar-refractivity contribution >= 4 is 6.09 Å². The van der Waals surface area contributed by atoms with Crippen LogP contribution in [-0.4, -0.2) is 28.7 Å². The van der Waals surface area contributed by atoms with E-state index in [1.807, 2.05) is 26.8 Å². The number of hydrogen-bond acceptors (Lipinski definition) is 2. The number of halogens is 4. The maximum Gasteiger partial charge on any atom is 0.416 e. The highest BCUT2D eigenvalue weighted by molar-refractivity contribution is 5.70. The first kappa shape index (κ1) is 20.7. The zero-order chi connectivity index (χ0) is 20.7. The van der Waals surface area contributed by atoms with Crippen LogP contribution >= 0.6 is 0 Å². The van der Waals surface area contributed by atoms with Gasteiger partial charge in [-0.05, 0) is 76.6 Å². The summed E-state index contributed by atoms with van der Waals surface area (Å²) in [6.07, 6.45) is 0.405. The highest BCUT2D eigenvalue weighted by Crippen LogP contribution is 2.36. The molecule has 28 heavy (non-hydrogen) atoms. The largest absolute Gasteiger partial charge is 0.444 e. The smallest absolute Gasteiger partial charge is 0.416 e. The lowest BCUT2D eigenvalue weighted by Gasteiger charge is -2.45. The summed E-state index contributed by atoms with van der Waals surface area (Å²) in [5.74, 6) is -0.892. The van der Waals surface area contributed by atoms with Crippen molar-refractivity contribution in [3.8, 4) is 0 Å². The topological polar surface area (TPSA) is 29.5 Å². The highest BCUT2D eigenvalue weighted by Gasteiger charge is 2.39. The molecule has 7 heteroatoms. The fourth-order valence-corrected chi connectivity index (χ4v) is 4.03. The number of alkyl halides is 3. The summed E-state index contributed by atoms with van der Waals surface area (Å²) >= 11 is 0. The van der Waals surface area contributed by atoms with E-state index < -0.39 is 23.2 Å². The summed E-state index contributed by atoms with van der Waals surface area (Å²) in [7, 11) is 0. The molecule has 0 saturated carbocycles. The number of benzene rings is 1. The molecular weight excluding hydrogens is 374 g/mol. The summed E-state index contributed by atoms with van der Waals surface area (Å²) in [6.45, 7) is 5.44. The van der Waals surface area contributed by atoms with Crippen LogP contribution in [0.25, 0.3) is 0 Å². The molecule has 0 aromatic heterocycles. The Morgan fingerprint density at radius 3 is 2.50 bits per heavy atom. The van der Waals surface area contributed by atoms with Gasteiger partial charge in [-0.1, -0.05) is 11.6 Å². The normalized spacial score (nSPS) is 22.7. The minimum absolute atomic E-state index is 0.0377. The Morgan fingerprint density at radius 1 is 1.18 bits per heavy atom. The Morgan fingerprint density at radius 2 is 1.89 bits per heavy atom. The summed E-state index contributed by atoms with van der Waals surface area (Å²) < 4.78 is 58.0. The molecule has 1 fully saturated rings. The lowest BCUT2D eigenvalue weighted by molar-refractivity contribution is -0.137. The number of fused-ring (bicyclic) bond motifs is 2. The first-order valence-electron chi connectivity index (χ1n) is 9.50. The molecule has 0 aliphatic carbocycles. The second-order valence-electron chi connectivity index (χ2n) is 8.59. The molecule has 2 heterocycles. The molecule has 1 saturated heterocycles. The lowest BCUT2D eigenvalue weighted by atomic mass is 9.83. The third-order valence-electron chi connectivity index (χ3n) is 5.03. The van der Waals surface area contributed by atoms with E-state index in [9.17, 15) is 22.4 Å². The minimum atomic E-state index is -4.58. The summed E-state index contributed by atoms with van der Waals surface area (Å²) in [6, 6.07) is 2.49. The Bertz CT molecular complexity index is 780. The molecule has 0 radical (unpaired) electrons. The van der Waals surface area contributed by atoms with Crippen molar-refractivity contribution in [2.24, 2.45) is 0 Å². The monoisotopic (exact) mass is 399 g/mol. The summed E-state index contributed by atoms with van der Waals surface area (Å²) in [5.41, 5.74) is -0.338. The molecule has 1 aromatic rings. The van der Waals surface area contributed by atoms with E-state index in [1.54, 1.807) is 4.90 Å². The van der Waals surface area contributed by atoms with Gasteiger partial charge in [0.25, 0.3) is 0 Å². The number of hydrogen-bond donors (Lipinski definition) is 0. The van der Waals surface area contributed by atoms with Crippen LogP contribution in [0.4, 0.5) is 22.4 Å². The molecule has 2 aliphatic rings. The van der Waals surface area contributed by atoms with Crippen molar-refractivity contribution < 1.29 is 27.1 Å². The summed E-state index contributed by atoms with van der Waals surface area (Å²) in [5, 5.41) is 0. The van der Waals surface area contributed by atoms with Gasteiger partial charge in [-0.2, -0.15) is 13.2 Å². The third kappa shape index (κ3) is 4.86. The quantitative estimate of drug-likeness (QED) is 0.459. The van der Waals surface area contributed by atoms with E-state index in [2.05, 4.69) is 0 Å². The van der Waals surface area contributed by atoms with E-state index in [1.165, 1.54) is 0 Å². The number of piperidine rings is 1. The van der Waals surface area contributed by atoms with Gasteiger partial charge in [-0.3, -0.25) is 4.90 Å². The fourth-order valence-electron chi connectivity index (χ4n) is 4.03. The van der Waals surface area contributed by atoms with E-state index in [-0.39, 0.29) is 24.6 Å². The number of carbonyl (C=O) groups is 1. The molecule has 2 atom stereocenters. The minimum Gasteiger partial charge on any atom is -0.444 e. The predicted octanol–water partition coefficient (Wildman–Crippen LogP) is 5.88. The van der Waals surface area contributed by atoms with Crippen molar-refractivity contribution in [2.45, 2.75) is 76.7 Å². The number of amides is 1. The van der Waals surface area contributed by atoms with Crippen LogP contribution < -0.4 is 0 Å². The van der Waals surface area contributed by atoms with Crippen molar-refractivity contribution in [1.82, 2.24) is 4.90 Å².